The van der Waals surface area contributed by atoms with Crippen LogP contribution >= 0.6 is 15.9 Å². The third-order valence-electron chi connectivity index (χ3n) is 4.61. The zero-order valence-electron chi connectivity index (χ0n) is 12.2. The molecule has 2 aliphatic rings. The minimum atomic E-state index is 0.664. The van der Waals surface area contributed by atoms with Crippen LogP contribution in [0, 0.1) is 0 Å². The molecule has 0 radical (unpaired) electrons. The summed E-state index contributed by atoms with van der Waals surface area (Å²) < 4.78 is 6.42. The van der Waals surface area contributed by atoms with Crippen LogP contribution in [0.1, 0.15) is 26.2 Å². The van der Waals surface area contributed by atoms with E-state index in [2.05, 4.69) is 43.8 Å². The standard InChI is InChI=1S/C15H22BrN3O/c1-3-20-14-8-13(9-17-15(14)16)19-7-6-11-4-5-12(10-19)18(11)2/h8-9,11-12H,3-7,10H2,1-2H3. The van der Waals surface area contributed by atoms with E-state index in [1.54, 1.807) is 0 Å². The minimum Gasteiger partial charge on any atom is -0.491 e. The first-order valence-corrected chi connectivity index (χ1v) is 8.23. The predicted molar refractivity (Wildman–Crippen MR) is 84.5 cm³/mol. The Labute approximate surface area is 129 Å². The van der Waals surface area contributed by atoms with Crippen molar-refractivity contribution in [3.8, 4) is 5.75 Å². The molecule has 4 nitrogen and oxygen atoms in total. The Kier molecular flexibility index (Phi) is 4.17. The van der Waals surface area contributed by atoms with Crippen LogP contribution < -0.4 is 9.64 Å². The zero-order chi connectivity index (χ0) is 14.1. The molecule has 2 saturated heterocycles. The Balaban J connectivity index is 1.80. The first-order valence-electron chi connectivity index (χ1n) is 7.44. The van der Waals surface area contributed by atoms with E-state index < -0.39 is 0 Å². The number of aromatic nitrogens is 1. The van der Waals surface area contributed by atoms with Gasteiger partial charge in [0.2, 0.25) is 0 Å². The second-order valence-corrected chi connectivity index (χ2v) is 6.45. The number of ether oxygens (including phenoxy) is 1. The largest absolute Gasteiger partial charge is 0.491 e. The molecule has 2 bridgehead atoms. The summed E-state index contributed by atoms with van der Waals surface area (Å²) in [6, 6.07) is 3.56. The molecule has 1 aromatic heterocycles. The lowest BCUT2D eigenvalue weighted by atomic mass is 10.1. The van der Waals surface area contributed by atoms with Gasteiger partial charge in [0.25, 0.3) is 0 Å². The molecule has 5 heteroatoms. The van der Waals surface area contributed by atoms with Crippen molar-refractivity contribution in [1.82, 2.24) is 9.88 Å². The lowest BCUT2D eigenvalue weighted by Gasteiger charge is -2.27. The van der Waals surface area contributed by atoms with E-state index in [1.807, 2.05) is 13.1 Å². The van der Waals surface area contributed by atoms with Crippen LogP contribution in [0.5, 0.6) is 5.75 Å². The lowest BCUT2D eigenvalue weighted by Crippen LogP contribution is -2.36. The summed E-state index contributed by atoms with van der Waals surface area (Å²) in [4.78, 5) is 9.45. The molecule has 2 unspecified atom stereocenters. The van der Waals surface area contributed by atoms with Gasteiger partial charge in [-0.2, -0.15) is 0 Å². The van der Waals surface area contributed by atoms with Gasteiger partial charge < -0.3 is 9.64 Å². The highest BCUT2D eigenvalue weighted by atomic mass is 79.9. The van der Waals surface area contributed by atoms with Gasteiger partial charge in [-0.1, -0.05) is 0 Å². The van der Waals surface area contributed by atoms with E-state index in [0.29, 0.717) is 12.6 Å². The highest BCUT2D eigenvalue weighted by Gasteiger charge is 2.34. The predicted octanol–water partition coefficient (Wildman–Crippen LogP) is 2.92. The van der Waals surface area contributed by atoms with Gasteiger partial charge in [-0.25, -0.2) is 4.98 Å². The fourth-order valence-corrected chi connectivity index (χ4v) is 3.72. The third-order valence-corrected chi connectivity index (χ3v) is 5.20. The van der Waals surface area contributed by atoms with E-state index in [4.69, 9.17) is 4.74 Å². The highest BCUT2D eigenvalue weighted by Crippen LogP contribution is 2.33. The van der Waals surface area contributed by atoms with Crippen LogP contribution in [0.4, 0.5) is 5.69 Å². The van der Waals surface area contributed by atoms with Crippen LogP contribution in [0.25, 0.3) is 0 Å². The molecule has 0 amide bonds. The molecule has 0 aliphatic carbocycles. The Bertz CT molecular complexity index is 482. The van der Waals surface area contributed by atoms with Crippen LogP contribution in [0.2, 0.25) is 0 Å². The fraction of sp³-hybridized carbons (Fsp3) is 0.667. The molecule has 1 aromatic rings. The average molecular weight is 340 g/mol. The molecule has 3 heterocycles. The van der Waals surface area contributed by atoms with Crippen molar-refractivity contribution in [1.29, 1.82) is 0 Å². The first kappa shape index (κ1) is 14.1. The minimum absolute atomic E-state index is 0.664. The van der Waals surface area contributed by atoms with Gasteiger partial charge in [-0.3, -0.25) is 4.90 Å². The van der Waals surface area contributed by atoms with Crippen molar-refractivity contribution in [2.45, 2.75) is 38.3 Å². The summed E-state index contributed by atoms with van der Waals surface area (Å²) in [6.07, 6.45) is 5.87. The normalized spacial score (nSPS) is 26.6. The van der Waals surface area contributed by atoms with Crippen molar-refractivity contribution in [3.63, 3.8) is 0 Å². The number of hydrogen-bond donors (Lipinski definition) is 0. The number of nitrogens with zero attached hydrogens (tertiary/aromatic N) is 3. The summed E-state index contributed by atoms with van der Waals surface area (Å²) in [5.41, 5.74) is 1.18. The van der Waals surface area contributed by atoms with Crippen LogP contribution in [0.3, 0.4) is 0 Å². The summed E-state index contributed by atoms with van der Waals surface area (Å²) in [5, 5.41) is 0. The number of likely N-dealkylation sites (N-methyl/N-ethyl adjacent to an activating group) is 1. The SMILES string of the molecule is CCOc1cc(N2CCC3CCC(C2)N3C)cnc1Br. The first-order chi connectivity index (χ1) is 9.69. The maximum atomic E-state index is 5.64. The Morgan fingerprint density at radius 2 is 2.15 bits per heavy atom. The summed E-state index contributed by atoms with van der Waals surface area (Å²) in [6.45, 7) is 4.87. The molecular weight excluding hydrogens is 318 g/mol. The van der Waals surface area contributed by atoms with E-state index >= 15 is 0 Å². The topological polar surface area (TPSA) is 28.6 Å². The molecule has 2 atom stereocenters. The van der Waals surface area contributed by atoms with Crippen molar-refractivity contribution in [2.24, 2.45) is 0 Å². The third kappa shape index (κ3) is 2.66. The molecule has 110 valence electrons. The van der Waals surface area contributed by atoms with E-state index in [0.717, 1.165) is 29.5 Å². The van der Waals surface area contributed by atoms with Crippen molar-refractivity contribution in [2.75, 3.05) is 31.6 Å². The molecule has 0 spiro atoms. The molecule has 20 heavy (non-hydrogen) atoms. The van der Waals surface area contributed by atoms with Gasteiger partial charge in [0.05, 0.1) is 18.5 Å². The molecule has 0 aromatic carbocycles. The quantitative estimate of drug-likeness (QED) is 0.791. The smallest absolute Gasteiger partial charge is 0.154 e. The maximum Gasteiger partial charge on any atom is 0.154 e. The van der Waals surface area contributed by atoms with Gasteiger partial charge in [0, 0.05) is 31.2 Å². The van der Waals surface area contributed by atoms with Crippen molar-refractivity contribution < 1.29 is 4.74 Å². The van der Waals surface area contributed by atoms with Gasteiger partial charge >= 0.3 is 0 Å². The number of hydrogen-bond acceptors (Lipinski definition) is 4. The summed E-state index contributed by atoms with van der Waals surface area (Å²) in [5.74, 6) is 0.841. The fourth-order valence-electron chi connectivity index (χ4n) is 3.39. The molecular formula is C15H22BrN3O. The van der Waals surface area contributed by atoms with E-state index in [9.17, 15) is 0 Å². The highest BCUT2D eigenvalue weighted by molar-refractivity contribution is 9.10. The second-order valence-electron chi connectivity index (χ2n) is 5.70. The van der Waals surface area contributed by atoms with Crippen molar-refractivity contribution in [3.05, 3.63) is 16.9 Å². The number of pyridine rings is 1. The second kappa shape index (κ2) is 5.90. The lowest BCUT2D eigenvalue weighted by molar-refractivity contribution is 0.254. The Morgan fingerprint density at radius 1 is 1.35 bits per heavy atom. The molecule has 3 rings (SSSR count). The summed E-state index contributed by atoms with van der Waals surface area (Å²) in [7, 11) is 2.28. The van der Waals surface area contributed by atoms with E-state index in [1.165, 1.54) is 24.9 Å². The molecule has 2 aliphatic heterocycles. The summed E-state index contributed by atoms with van der Waals surface area (Å²) >= 11 is 3.45. The molecule has 2 fully saturated rings. The van der Waals surface area contributed by atoms with Gasteiger partial charge in [-0.05, 0) is 49.2 Å². The van der Waals surface area contributed by atoms with Gasteiger partial charge in [0.15, 0.2) is 5.75 Å². The number of rotatable bonds is 3. The molecule has 0 saturated carbocycles. The Morgan fingerprint density at radius 3 is 2.95 bits per heavy atom. The van der Waals surface area contributed by atoms with Crippen LogP contribution in [-0.4, -0.2) is 48.7 Å². The number of fused-ring (bicyclic) bond motifs is 2. The number of halogens is 1. The van der Waals surface area contributed by atoms with Gasteiger partial charge in [-0.15, -0.1) is 0 Å². The Hall–Kier alpha value is -0.810. The van der Waals surface area contributed by atoms with Crippen molar-refractivity contribution >= 4 is 21.6 Å². The van der Waals surface area contributed by atoms with Crippen LogP contribution in [0.15, 0.2) is 16.9 Å². The van der Waals surface area contributed by atoms with E-state index in [-0.39, 0.29) is 0 Å². The van der Waals surface area contributed by atoms with Crippen LogP contribution in [-0.2, 0) is 0 Å². The zero-order valence-corrected chi connectivity index (χ0v) is 13.8. The maximum absolute atomic E-state index is 5.64. The monoisotopic (exact) mass is 339 g/mol. The molecule has 0 N–H and O–H groups in total. The number of anilines is 1. The van der Waals surface area contributed by atoms with Gasteiger partial charge in [0.1, 0.15) is 4.60 Å². The average Bonchev–Trinajstić information content (AvgIpc) is 2.67.